The van der Waals surface area contributed by atoms with Crippen molar-refractivity contribution in [2.45, 2.75) is 26.2 Å². The maximum atomic E-state index is 12.4. The summed E-state index contributed by atoms with van der Waals surface area (Å²) in [6, 6.07) is 9.80. The van der Waals surface area contributed by atoms with E-state index in [9.17, 15) is 9.59 Å². The summed E-state index contributed by atoms with van der Waals surface area (Å²) in [6.07, 6.45) is 1.21. The molecule has 134 valence electrons. The second kappa shape index (κ2) is 12.5. The highest BCUT2D eigenvalue weighted by molar-refractivity contribution is 5.77. The lowest BCUT2D eigenvalue weighted by Gasteiger charge is -2.22. The predicted molar refractivity (Wildman–Crippen MR) is 90.5 cm³/mol. The Morgan fingerprint density at radius 1 is 1.08 bits per heavy atom. The van der Waals surface area contributed by atoms with E-state index in [1.54, 1.807) is 11.8 Å². The van der Waals surface area contributed by atoms with Crippen molar-refractivity contribution in [3.05, 3.63) is 35.9 Å². The van der Waals surface area contributed by atoms with E-state index in [-0.39, 0.29) is 31.5 Å². The van der Waals surface area contributed by atoms with Crippen LogP contribution in [0.2, 0.25) is 0 Å². The highest BCUT2D eigenvalue weighted by Gasteiger charge is 2.15. The van der Waals surface area contributed by atoms with E-state index >= 15 is 0 Å². The van der Waals surface area contributed by atoms with E-state index in [0.29, 0.717) is 39.1 Å². The molecule has 24 heavy (non-hydrogen) atoms. The number of aliphatic hydroxyl groups excluding tert-OH is 1. The lowest BCUT2D eigenvalue weighted by Crippen LogP contribution is -2.36. The Labute approximate surface area is 143 Å². The molecule has 0 aliphatic heterocycles. The molecule has 1 rings (SSSR count). The van der Waals surface area contributed by atoms with Gasteiger partial charge in [-0.1, -0.05) is 30.3 Å². The number of esters is 1. The van der Waals surface area contributed by atoms with Crippen molar-refractivity contribution in [3.8, 4) is 0 Å². The van der Waals surface area contributed by atoms with Crippen molar-refractivity contribution < 1.29 is 24.2 Å². The number of nitrogens with zero attached hydrogens (tertiary/aromatic N) is 1. The Morgan fingerprint density at radius 2 is 1.83 bits per heavy atom. The number of carbonyl (C=O) groups is 2. The number of hydrogen-bond acceptors (Lipinski definition) is 5. The summed E-state index contributed by atoms with van der Waals surface area (Å²) in [4.78, 5) is 25.5. The highest BCUT2D eigenvalue weighted by Crippen LogP contribution is 2.06. The molecule has 0 saturated heterocycles. The maximum Gasteiger partial charge on any atom is 0.307 e. The second-order valence-electron chi connectivity index (χ2n) is 5.26. The van der Waals surface area contributed by atoms with Gasteiger partial charge in [-0.05, 0) is 18.9 Å². The fraction of sp³-hybridized carbons (Fsp3) is 0.556. The zero-order valence-electron chi connectivity index (χ0n) is 14.3. The molecule has 0 fully saturated rings. The molecular weight excluding hydrogens is 310 g/mol. The number of amides is 1. The van der Waals surface area contributed by atoms with E-state index in [0.717, 1.165) is 5.56 Å². The first kappa shape index (κ1) is 20.1. The number of hydrogen-bond donors (Lipinski definition) is 1. The summed E-state index contributed by atoms with van der Waals surface area (Å²) < 4.78 is 10.1. The van der Waals surface area contributed by atoms with Crippen LogP contribution in [-0.4, -0.2) is 61.4 Å². The van der Waals surface area contributed by atoms with Crippen molar-refractivity contribution in [2.24, 2.45) is 0 Å². The van der Waals surface area contributed by atoms with Gasteiger partial charge in [0.05, 0.1) is 32.8 Å². The number of rotatable bonds is 12. The van der Waals surface area contributed by atoms with Gasteiger partial charge in [-0.25, -0.2) is 0 Å². The van der Waals surface area contributed by atoms with Crippen LogP contribution in [0.25, 0.3) is 0 Å². The van der Waals surface area contributed by atoms with Gasteiger partial charge in [-0.15, -0.1) is 0 Å². The van der Waals surface area contributed by atoms with Gasteiger partial charge in [0.15, 0.2) is 0 Å². The molecular formula is C18H27NO5. The number of carbonyl (C=O) groups excluding carboxylic acids is 2. The summed E-state index contributed by atoms with van der Waals surface area (Å²) in [6.45, 7) is 3.32. The molecule has 6 nitrogen and oxygen atoms in total. The maximum absolute atomic E-state index is 12.4. The molecule has 0 heterocycles. The molecule has 0 atom stereocenters. The average molecular weight is 337 g/mol. The molecule has 1 amide bonds. The van der Waals surface area contributed by atoms with Crippen LogP contribution in [0.15, 0.2) is 30.3 Å². The third kappa shape index (κ3) is 8.64. The monoisotopic (exact) mass is 337 g/mol. The average Bonchev–Trinajstić information content (AvgIpc) is 2.60. The second-order valence-corrected chi connectivity index (χ2v) is 5.26. The number of aliphatic hydroxyl groups is 1. The Hall–Kier alpha value is -1.92. The molecule has 1 N–H and O–H groups in total. The van der Waals surface area contributed by atoms with E-state index in [1.165, 1.54) is 0 Å². The van der Waals surface area contributed by atoms with E-state index in [2.05, 4.69) is 0 Å². The molecule has 1 aromatic rings. The molecule has 0 aromatic heterocycles. The Morgan fingerprint density at radius 3 is 2.50 bits per heavy atom. The lowest BCUT2D eigenvalue weighted by atomic mass is 10.1. The van der Waals surface area contributed by atoms with Gasteiger partial charge in [-0.2, -0.15) is 0 Å². The first-order valence-corrected chi connectivity index (χ1v) is 8.33. The first-order chi connectivity index (χ1) is 11.7. The predicted octanol–water partition coefficient (Wildman–Crippen LogP) is 1.41. The fourth-order valence-corrected chi connectivity index (χ4v) is 2.22. The van der Waals surface area contributed by atoms with Crippen molar-refractivity contribution in [1.82, 2.24) is 4.90 Å². The first-order valence-electron chi connectivity index (χ1n) is 8.33. The zero-order chi connectivity index (χ0) is 17.6. The standard InChI is InChI=1S/C18H27NO5/c1-2-24-18(22)10-11-19(12-14-23-15-13-20)17(21)9-8-16-6-4-3-5-7-16/h3-7,20H,2,8-15H2,1H3. The summed E-state index contributed by atoms with van der Waals surface area (Å²) in [5.74, 6) is -0.328. The third-order valence-electron chi connectivity index (χ3n) is 3.46. The van der Waals surface area contributed by atoms with Crippen LogP contribution < -0.4 is 0 Å². The minimum absolute atomic E-state index is 0.0178. The van der Waals surface area contributed by atoms with E-state index < -0.39 is 0 Å². The van der Waals surface area contributed by atoms with E-state index in [4.69, 9.17) is 14.6 Å². The molecule has 0 radical (unpaired) electrons. The van der Waals surface area contributed by atoms with Gasteiger partial charge >= 0.3 is 5.97 Å². The molecule has 0 spiro atoms. The minimum Gasteiger partial charge on any atom is -0.466 e. The molecule has 0 bridgehead atoms. The van der Waals surface area contributed by atoms with Crippen molar-refractivity contribution in [1.29, 1.82) is 0 Å². The van der Waals surface area contributed by atoms with Crippen LogP contribution in [0.4, 0.5) is 0 Å². The summed E-state index contributed by atoms with van der Waals surface area (Å²) in [5, 5.41) is 8.72. The Bertz CT molecular complexity index is 478. The van der Waals surface area contributed by atoms with Gasteiger partial charge in [0.2, 0.25) is 5.91 Å². The molecule has 0 saturated carbocycles. The van der Waals surface area contributed by atoms with Crippen molar-refractivity contribution in [2.75, 3.05) is 39.5 Å². The van der Waals surface area contributed by atoms with Crippen LogP contribution in [0.5, 0.6) is 0 Å². The molecule has 6 heteroatoms. The summed E-state index contributed by atoms with van der Waals surface area (Å²) in [7, 11) is 0. The van der Waals surface area contributed by atoms with Crippen molar-refractivity contribution in [3.63, 3.8) is 0 Å². The Balaban J connectivity index is 2.47. The summed E-state index contributed by atoms with van der Waals surface area (Å²) in [5.41, 5.74) is 1.10. The molecule has 1 aromatic carbocycles. The van der Waals surface area contributed by atoms with Crippen molar-refractivity contribution >= 4 is 11.9 Å². The lowest BCUT2D eigenvalue weighted by molar-refractivity contribution is -0.144. The smallest absolute Gasteiger partial charge is 0.307 e. The van der Waals surface area contributed by atoms with Gasteiger partial charge in [0.25, 0.3) is 0 Å². The normalized spacial score (nSPS) is 10.4. The van der Waals surface area contributed by atoms with Crippen LogP contribution in [0.3, 0.4) is 0 Å². The van der Waals surface area contributed by atoms with Gasteiger partial charge in [0.1, 0.15) is 0 Å². The molecule has 0 aliphatic rings. The molecule has 0 aliphatic carbocycles. The van der Waals surface area contributed by atoms with Gasteiger partial charge < -0.3 is 19.5 Å². The minimum atomic E-state index is -0.311. The van der Waals surface area contributed by atoms with Gasteiger partial charge in [0, 0.05) is 19.5 Å². The number of ether oxygens (including phenoxy) is 2. The van der Waals surface area contributed by atoms with Crippen LogP contribution in [-0.2, 0) is 25.5 Å². The van der Waals surface area contributed by atoms with Crippen LogP contribution in [0.1, 0.15) is 25.3 Å². The van der Waals surface area contributed by atoms with Crippen LogP contribution >= 0.6 is 0 Å². The topological polar surface area (TPSA) is 76.1 Å². The Kier molecular flexibility index (Phi) is 10.5. The largest absolute Gasteiger partial charge is 0.466 e. The van der Waals surface area contributed by atoms with Crippen LogP contribution in [0, 0.1) is 0 Å². The number of benzene rings is 1. The highest BCUT2D eigenvalue weighted by atomic mass is 16.5. The number of aryl methyl sites for hydroxylation is 1. The molecule has 0 unspecified atom stereocenters. The quantitative estimate of drug-likeness (QED) is 0.461. The van der Waals surface area contributed by atoms with E-state index in [1.807, 2.05) is 30.3 Å². The summed E-state index contributed by atoms with van der Waals surface area (Å²) >= 11 is 0. The van der Waals surface area contributed by atoms with Gasteiger partial charge in [-0.3, -0.25) is 9.59 Å². The SMILES string of the molecule is CCOC(=O)CCN(CCOCCO)C(=O)CCc1ccccc1. The zero-order valence-corrected chi connectivity index (χ0v) is 14.3. The third-order valence-corrected chi connectivity index (χ3v) is 3.46. The fourth-order valence-electron chi connectivity index (χ4n) is 2.22.